The Morgan fingerprint density at radius 1 is 0.970 bits per heavy atom. The van der Waals surface area contributed by atoms with Crippen LogP contribution in [0.5, 0.6) is 0 Å². The van der Waals surface area contributed by atoms with E-state index in [2.05, 4.69) is 22.4 Å². The van der Waals surface area contributed by atoms with Crippen molar-refractivity contribution < 1.29 is 4.39 Å². The van der Waals surface area contributed by atoms with Crippen LogP contribution >= 0.6 is 12.2 Å². The summed E-state index contributed by atoms with van der Waals surface area (Å²) in [5.74, 6) is -0.274. The number of nitrogens with zero attached hydrogens (tertiary/aromatic N) is 4. The summed E-state index contributed by atoms with van der Waals surface area (Å²) < 4.78 is 13.4. The van der Waals surface area contributed by atoms with Gasteiger partial charge in [0.05, 0.1) is 28.6 Å². The number of nitrogens with one attached hydrogen (secondary N) is 1. The van der Waals surface area contributed by atoms with Crippen molar-refractivity contribution in [2.75, 3.05) is 6.54 Å². The average Bonchev–Trinajstić information content (AvgIpc) is 3.30. The Labute approximate surface area is 197 Å². The predicted molar refractivity (Wildman–Crippen MR) is 132 cm³/mol. The first-order chi connectivity index (χ1) is 16.2. The molecule has 0 bridgehead atoms. The zero-order chi connectivity index (χ0) is 22.6. The monoisotopic (exact) mass is 455 g/mol. The Bertz CT molecular complexity index is 1310. The molecule has 0 aliphatic carbocycles. The van der Waals surface area contributed by atoms with E-state index in [0.29, 0.717) is 18.1 Å². The van der Waals surface area contributed by atoms with Crippen LogP contribution in [-0.2, 0) is 6.42 Å². The van der Waals surface area contributed by atoms with Crippen molar-refractivity contribution >= 4 is 34.1 Å². The Balaban J connectivity index is 1.40. The lowest BCUT2D eigenvalue weighted by Crippen LogP contribution is -2.38. The van der Waals surface area contributed by atoms with E-state index < -0.39 is 0 Å². The third-order valence-corrected chi connectivity index (χ3v) is 5.97. The summed E-state index contributed by atoms with van der Waals surface area (Å²) in [6, 6.07) is 24.2. The van der Waals surface area contributed by atoms with Crippen molar-refractivity contribution in [3.63, 3.8) is 0 Å². The molecule has 7 heteroatoms. The molecule has 0 unspecified atom stereocenters. The highest BCUT2D eigenvalue weighted by atomic mass is 32.1. The van der Waals surface area contributed by atoms with Gasteiger partial charge in [0.2, 0.25) is 0 Å². The van der Waals surface area contributed by atoms with Gasteiger partial charge >= 0.3 is 0 Å². The van der Waals surface area contributed by atoms with Gasteiger partial charge < -0.3 is 5.32 Å². The molecule has 0 spiro atoms. The van der Waals surface area contributed by atoms with Gasteiger partial charge in [-0.1, -0.05) is 54.6 Å². The highest BCUT2D eigenvalue weighted by molar-refractivity contribution is 7.80. The average molecular weight is 456 g/mol. The Morgan fingerprint density at radius 2 is 1.70 bits per heavy atom. The summed E-state index contributed by atoms with van der Waals surface area (Å²) in [6.45, 7) is 0.691. The minimum absolute atomic E-state index is 0.195. The van der Waals surface area contributed by atoms with Crippen LogP contribution in [-0.4, -0.2) is 32.3 Å². The van der Waals surface area contributed by atoms with Crippen LogP contribution in [0.25, 0.3) is 11.0 Å². The van der Waals surface area contributed by atoms with Crippen molar-refractivity contribution in [3.8, 4) is 0 Å². The van der Waals surface area contributed by atoms with Gasteiger partial charge in [0, 0.05) is 13.0 Å². The third-order valence-electron chi connectivity index (χ3n) is 5.64. The second kappa shape index (κ2) is 9.42. The number of hydrazone groups is 1. The highest BCUT2D eigenvalue weighted by Gasteiger charge is 2.32. The molecule has 1 aliphatic rings. The van der Waals surface area contributed by atoms with E-state index in [4.69, 9.17) is 22.3 Å². The number of halogens is 1. The molecule has 33 heavy (non-hydrogen) atoms. The summed E-state index contributed by atoms with van der Waals surface area (Å²) in [6.07, 6.45) is 3.23. The summed E-state index contributed by atoms with van der Waals surface area (Å²) in [4.78, 5) is 9.41. The molecule has 1 atom stereocenters. The molecular weight excluding hydrogens is 433 g/mol. The maximum absolute atomic E-state index is 13.4. The van der Waals surface area contributed by atoms with E-state index in [1.165, 1.54) is 17.7 Å². The fourth-order valence-electron chi connectivity index (χ4n) is 3.92. The molecule has 0 radical (unpaired) electrons. The summed E-state index contributed by atoms with van der Waals surface area (Å²) in [5.41, 5.74) is 5.40. The maximum atomic E-state index is 13.4. The second-order valence-electron chi connectivity index (χ2n) is 7.87. The molecular formula is C26H22FN5S. The van der Waals surface area contributed by atoms with Crippen LogP contribution in [0.2, 0.25) is 0 Å². The largest absolute Gasteiger partial charge is 0.361 e. The van der Waals surface area contributed by atoms with Gasteiger partial charge in [-0.25, -0.2) is 14.4 Å². The van der Waals surface area contributed by atoms with E-state index in [9.17, 15) is 4.39 Å². The number of para-hydroxylation sites is 2. The number of rotatable bonds is 5. The topological polar surface area (TPSA) is 53.4 Å². The number of benzene rings is 3. The lowest BCUT2D eigenvalue weighted by Gasteiger charge is -2.24. The van der Waals surface area contributed by atoms with Gasteiger partial charge in [-0.2, -0.15) is 5.10 Å². The minimum atomic E-state index is -0.274. The normalized spacial score (nSPS) is 15.5. The van der Waals surface area contributed by atoms with Gasteiger partial charge in [-0.05, 0) is 54.0 Å². The first kappa shape index (κ1) is 21.2. The van der Waals surface area contributed by atoms with Crippen molar-refractivity contribution in [2.45, 2.75) is 18.9 Å². The van der Waals surface area contributed by atoms with Crippen LogP contribution < -0.4 is 5.32 Å². The zero-order valence-electron chi connectivity index (χ0n) is 17.9. The van der Waals surface area contributed by atoms with E-state index in [-0.39, 0.29) is 11.9 Å². The number of hydrogen-bond acceptors (Lipinski definition) is 4. The number of thiocarbonyl (C=S) groups is 1. The summed E-state index contributed by atoms with van der Waals surface area (Å²) in [5, 5.41) is 10.5. The molecule has 2 heterocycles. The molecule has 5 rings (SSSR count). The Hall–Kier alpha value is -3.71. The van der Waals surface area contributed by atoms with Gasteiger partial charge in [-0.15, -0.1) is 0 Å². The van der Waals surface area contributed by atoms with E-state index >= 15 is 0 Å². The molecule has 0 saturated carbocycles. The minimum Gasteiger partial charge on any atom is -0.361 e. The maximum Gasteiger partial charge on any atom is 0.190 e. The van der Waals surface area contributed by atoms with Crippen LogP contribution in [0.3, 0.4) is 0 Å². The molecule has 0 amide bonds. The second-order valence-corrected chi connectivity index (χ2v) is 8.26. The third kappa shape index (κ3) is 4.73. The van der Waals surface area contributed by atoms with Crippen LogP contribution in [0.15, 0.2) is 90.2 Å². The number of hydrogen-bond donors (Lipinski definition) is 1. The number of aromatic nitrogens is 2. The Morgan fingerprint density at radius 3 is 2.48 bits per heavy atom. The predicted octanol–water partition coefficient (Wildman–Crippen LogP) is 5.04. The van der Waals surface area contributed by atoms with Gasteiger partial charge in [0.25, 0.3) is 0 Å². The van der Waals surface area contributed by atoms with Gasteiger partial charge in [0.1, 0.15) is 11.9 Å². The van der Waals surface area contributed by atoms with Crippen molar-refractivity contribution in [1.29, 1.82) is 0 Å². The molecule has 1 aliphatic heterocycles. The standard InChI is InChI=1S/C26H22FN5S/c27-20-12-10-19(11-13-20)23-16-25(24-17-29-21-8-4-5-9-22(21)30-24)32(31-23)26(33)28-15-14-18-6-2-1-3-7-18/h1-13,17,25H,14-16H2,(H,28,33)/t25-/m1/s1. The molecule has 0 saturated heterocycles. The van der Waals surface area contributed by atoms with Gasteiger partial charge in [0.15, 0.2) is 5.11 Å². The van der Waals surface area contributed by atoms with Crippen molar-refractivity contribution in [1.82, 2.24) is 20.3 Å². The SMILES string of the molecule is Fc1ccc(C2=NN(C(=S)NCCc3ccccc3)[C@@H](c3cnc4ccccc4n3)C2)cc1. The van der Waals surface area contributed by atoms with E-state index in [0.717, 1.165) is 34.4 Å². The summed E-state index contributed by atoms with van der Waals surface area (Å²) >= 11 is 5.73. The molecule has 4 aromatic rings. The van der Waals surface area contributed by atoms with Crippen LogP contribution in [0.1, 0.15) is 29.3 Å². The van der Waals surface area contributed by atoms with Crippen molar-refractivity contribution in [2.24, 2.45) is 5.10 Å². The van der Waals surface area contributed by atoms with E-state index in [1.54, 1.807) is 23.3 Å². The first-order valence-electron chi connectivity index (χ1n) is 10.8. The van der Waals surface area contributed by atoms with Crippen LogP contribution in [0, 0.1) is 5.82 Å². The Kier molecular flexibility index (Phi) is 6.04. The molecule has 3 aromatic carbocycles. The molecule has 164 valence electrons. The molecule has 1 N–H and O–H groups in total. The molecule has 1 aromatic heterocycles. The summed E-state index contributed by atoms with van der Waals surface area (Å²) in [7, 11) is 0. The zero-order valence-corrected chi connectivity index (χ0v) is 18.7. The van der Waals surface area contributed by atoms with Crippen molar-refractivity contribution in [3.05, 3.63) is 108 Å². The first-order valence-corrected chi connectivity index (χ1v) is 11.2. The molecule has 5 nitrogen and oxygen atoms in total. The lowest BCUT2D eigenvalue weighted by molar-refractivity contribution is 0.357. The van der Waals surface area contributed by atoms with Gasteiger partial charge in [-0.3, -0.25) is 4.98 Å². The van der Waals surface area contributed by atoms with E-state index in [1.807, 2.05) is 42.5 Å². The fraction of sp³-hybridized carbons (Fsp3) is 0.154. The molecule has 0 fully saturated rings. The smallest absolute Gasteiger partial charge is 0.190 e. The number of fused-ring (bicyclic) bond motifs is 1. The fourth-order valence-corrected chi connectivity index (χ4v) is 4.19. The highest BCUT2D eigenvalue weighted by Crippen LogP contribution is 2.32. The van der Waals surface area contributed by atoms with Crippen LogP contribution in [0.4, 0.5) is 4.39 Å². The lowest BCUT2D eigenvalue weighted by atomic mass is 10.0. The quantitative estimate of drug-likeness (QED) is 0.428.